The minimum Gasteiger partial charge on any atom is -0.398 e. The fraction of sp³-hybridized carbons (Fsp3) is 0.300. The van der Waals surface area contributed by atoms with Crippen LogP contribution in [0.2, 0.25) is 0 Å². The fourth-order valence-electron chi connectivity index (χ4n) is 1.60. The van der Waals surface area contributed by atoms with E-state index in [0.29, 0.717) is 0 Å². The summed E-state index contributed by atoms with van der Waals surface area (Å²) in [6.45, 7) is 2.11. The number of anilines is 1. The second-order valence-electron chi connectivity index (χ2n) is 3.19. The highest BCUT2D eigenvalue weighted by Gasteiger charge is 2.05. The van der Waals surface area contributed by atoms with Crippen LogP contribution in [0.4, 0.5) is 5.69 Å². The van der Waals surface area contributed by atoms with Gasteiger partial charge in [0.15, 0.2) is 0 Å². The van der Waals surface area contributed by atoms with E-state index in [1.54, 1.807) is 0 Å². The van der Waals surface area contributed by atoms with Gasteiger partial charge < -0.3 is 5.73 Å². The predicted molar refractivity (Wildman–Crippen MR) is 54.5 cm³/mol. The Morgan fingerprint density at radius 1 is 1.46 bits per heavy atom. The Balaban J connectivity index is 2.80. The smallest absolute Gasteiger partial charge is 0.0700 e. The molecule has 0 bridgehead atoms. The Hall–Kier alpha value is -1.51. The molecule has 3 heteroatoms. The van der Waals surface area contributed by atoms with Gasteiger partial charge >= 0.3 is 0 Å². The Morgan fingerprint density at radius 2 is 2.23 bits per heavy atom. The average Bonchev–Trinajstić information content (AvgIpc) is 2.50. The van der Waals surface area contributed by atoms with E-state index in [2.05, 4.69) is 24.2 Å². The number of rotatable bonds is 1. The zero-order valence-electron chi connectivity index (χ0n) is 7.91. The van der Waals surface area contributed by atoms with Crippen molar-refractivity contribution in [2.75, 3.05) is 5.73 Å². The summed E-state index contributed by atoms with van der Waals surface area (Å²) < 4.78 is 1.84. The van der Waals surface area contributed by atoms with Crippen LogP contribution >= 0.6 is 0 Å². The maximum atomic E-state index is 5.99. The van der Waals surface area contributed by atoms with E-state index in [-0.39, 0.29) is 0 Å². The molecule has 0 amide bonds. The first-order valence-electron chi connectivity index (χ1n) is 4.43. The third kappa shape index (κ3) is 1.08. The fourth-order valence-corrected chi connectivity index (χ4v) is 1.60. The van der Waals surface area contributed by atoms with Crippen molar-refractivity contribution >= 4 is 16.6 Å². The molecular weight excluding hydrogens is 162 g/mol. The molecule has 0 saturated carbocycles. The normalized spacial score (nSPS) is 10.9. The van der Waals surface area contributed by atoms with Gasteiger partial charge in [-0.3, -0.25) is 4.68 Å². The minimum absolute atomic E-state index is 0.869. The molecule has 1 aromatic heterocycles. The number of aromatic nitrogens is 2. The zero-order chi connectivity index (χ0) is 9.42. The third-order valence-electron chi connectivity index (χ3n) is 2.44. The molecule has 0 unspecified atom stereocenters. The first-order valence-corrected chi connectivity index (χ1v) is 4.43. The number of nitrogens with zero attached hydrogens (tertiary/aromatic N) is 2. The number of nitrogen functional groups attached to an aromatic ring is 1. The van der Waals surface area contributed by atoms with Gasteiger partial charge in [0.05, 0.1) is 11.7 Å². The predicted octanol–water partition coefficient (Wildman–Crippen LogP) is 1.72. The van der Waals surface area contributed by atoms with Gasteiger partial charge in [0.2, 0.25) is 0 Å². The van der Waals surface area contributed by atoms with E-state index in [9.17, 15) is 0 Å². The third-order valence-corrected chi connectivity index (χ3v) is 2.44. The van der Waals surface area contributed by atoms with Gasteiger partial charge in [0.25, 0.3) is 0 Å². The Bertz CT molecular complexity index is 443. The van der Waals surface area contributed by atoms with Crippen molar-refractivity contribution in [3.63, 3.8) is 0 Å². The van der Waals surface area contributed by atoms with Crippen LogP contribution in [0.25, 0.3) is 10.9 Å². The van der Waals surface area contributed by atoms with Crippen LogP contribution in [0.3, 0.4) is 0 Å². The standard InChI is InChI=1S/C10H13N3/c1-3-7-4-5-9-8(10(7)11)6-12-13(9)2/h4-6H,3,11H2,1-2H3. The number of benzene rings is 1. The molecular formula is C10H13N3. The van der Waals surface area contributed by atoms with Crippen LogP contribution in [0.1, 0.15) is 12.5 Å². The first-order chi connectivity index (χ1) is 6.24. The van der Waals surface area contributed by atoms with Gasteiger partial charge in [-0.1, -0.05) is 13.0 Å². The molecule has 0 fully saturated rings. The number of nitrogens with two attached hydrogens (primary N) is 1. The second kappa shape index (κ2) is 2.76. The summed E-state index contributed by atoms with van der Waals surface area (Å²) in [7, 11) is 1.92. The molecule has 2 N–H and O–H groups in total. The van der Waals surface area contributed by atoms with Crippen LogP contribution in [-0.2, 0) is 13.5 Å². The summed E-state index contributed by atoms with van der Waals surface area (Å²) in [6, 6.07) is 4.14. The quantitative estimate of drug-likeness (QED) is 0.670. The van der Waals surface area contributed by atoms with Crippen LogP contribution in [-0.4, -0.2) is 9.78 Å². The Morgan fingerprint density at radius 3 is 2.92 bits per heavy atom. The molecule has 0 aliphatic carbocycles. The molecule has 0 spiro atoms. The van der Waals surface area contributed by atoms with Crippen molar-refractivity contribution in [2.45, 2.75) is 13.3 Å². The maximum Gasteiger partial charge on any atom is 0.0700 e. The van der Waals surface area contributed by atoms with Gasteiger partial charge in [-0.05, 0) is 18.1 Å². The molecule has 0 aliphatic heterocycles. The van der Waals surface area contributed by atoms with E-state index in [4.69, 9.17) is 5.73 Å². The van der Waals surface area contributed by atoms with Gasteiger partial charge in [-0.15, -0.1) is 0 Å². The molecule has 1 aromatic carbocycles. The highest BCUT2D eigenvalue weighted by atomic mass is 15.2. The lowest BCUT2D eigenvalue weighted by molar-refractivity contribution is 0.797. The summed E-state index contributed by atoms with van der Waals surface area (Å²) in [5.74, 6) is 0. The van der Waals surface area contributed by atoms with Crippen molar-refractivity contribution in [1.82, 2.24) is 9.78 Å². The van der Waals surface area contributed by atoms with Crippen LogP contribution in [0.5, 0.6) is 0 Å². The SMILES string of the molecule is CCc1ccc2c(cnn2C)c1N. The summed E-state index contributed by atoms with van der Waals surface area (Å²) >= 11 is 0. The van der Waals surface area contributed by atoms with Crippen molar-refractivity contribution in [1.29, 1.82) is 0 Å². The summed E-state index contributed by atoms with van der Waals surface area (Å²) in [5, 5.41) is 5.23. The van der Waals surface area contributed by atoms with Gasteiger partial charge in [-0.25, -0.2) is 0 Å². The lowest BCUT2D eigenvalue weighted by Gasteiger charge is -2.03. The largest absolute Gasteiger partial charge is 0.398 e. The van der Waals surface area contributed by atoms with E-state index in [1.165, 1.54) is 5.56 Å². The zero-order valence-corrected chi connectivity index (χ0v) is 7.91. The van der Waals surface area contributed by atoms with Gasteiger partial charge in [-0.2, -0.15) is 5.10 Å². The van der Waals surface area contributed by atoms with Gasteiger partial charge in [0, 0.05) is 18.1 Å². The highest BCUT2D eigenvalue weighted by molar-refractivity contribution is 5.91. The maximum absolute atomic E-state index is 5.99. The van der Waals surface area contributed by atoms with Crippen LogP contribution in [0, 0.1) is 0 Å². The molecule has 0 saturated heterocycles. The summed E-state index contributed by atoms with van der Waals surface area (Å²) in [6.07, 6.45) is 2.79. The van der Waals surface area contributed by atoms with Crippen molar-refractivity contribution in [2.24, 2.45) is 7.05 Å². The summed E-state index contributed by atoms with van der Waals surface area (Å²) in [4.78, 5) is 0. The van der Waals surface area contributed by atoms with Crippen molar-refractivity contribution in [3.8, 4) is 0 Å². The van der Waals surface area contributed by atoms with Gasteiger partial charge in [0.1, 0.15) is 0 Å². The monoisotopic (exact) mass is 175 g/mol. The first kappa shape index (κ1) is 8.10. The Kier molecular flexibility index (Phi) is 1.72. The van der Waals surface area contributed by atoms with E-state index in [0.717, 1.165) is 23.0 Å². The molecule has 0 radical (unpaired) electrons. The number of hydrogen-bond acceptors (Lipinski definition) is 2. The number of aryl methyl sites for hydroxylation is 2. The molecule has 1 heterocycles. The lowest BCUT2D eigenvalue weighted by Crippen LogP contribution is -1.94. The molecule has 3 nitrogen and oxygen atoms in total. The molecule has 68 valence electrons. The summed E-state index contributed by atoms with van der Waals surface area (Å²) in [5.41, 5.74) is 9.15. The van der Waals surface area contributed by atoms with E-state index < -0.39 is 0 Å². The number of hydrogen-bond donors (Lipinski definition) is 1. The Labute approximate surface area is 77.2 Å². The average molecular weight is 175 g/mol. The highest BCUT2D eigenvalue weighted by Crippen LogP contribution is 2.24. The van der Waals surface area contributed by atoms with Crippen LogP contribution in [0.15, 0.2) is 18.3 Å². The molecule has 0 atom stereocenters. The number of fused-ring (bicyclic) bond motifs is 1. The van der Waals surface area contributed by atoms with Crippen molar-refractivity contribution in [3.05, 3.63) is 23.9 Å². The topological polar surface area (TPSA) is 43.8 Å². The van der Waals surface area contributed by atoms with E-state index in [1.807, 2.05) is 17.9 Å². The van der Waals surface area contributed by atoms with Crippen molar-refractivity contribution < 1.29 is 0 Å². The molecule has 2 aromatic rings. The lowest BCUT2D eigenvalue weighted by atomic mass is 10.1. The molecule has 0 aliphatic rings. The minimum atomic E-state index is 0.869. The van der Waals surface area contributed by atoms with Crippen LogP contribution < -0.4 is 5.73 Å². The molecule has 2 rings (SSSR count). The second-order valence-corrected chi connectivity index (χ2v) is 3.19. The van der Waals surface area contributed by atoms with E-state index >= 15 is 0 Å². The molecule has 13 heavy (non-hydrogen) atoms.